The number of carboxylic acids is 3. The molecule has 15 nitrogen and oxygen atoms in total. The molecule has 0 aromatic heterocycles. The van der Waals surface area contributed by atoms with Crippen LogP contribution in [-0.2, 0) is 14.4 Å². The van der Waals surface area contributed by atoms with Crippen LogP contribution in [0.25, 0.3) is 33.4 Å². The third-order valence-corrected chi connectivity index (χ3v) is 11.5. The molecule has 1 aliphatic carbocycles. The molecule has 3 aliphatic heterocycles. The molecule has 1 amide bonds. The van der Waals surface area contributed by atoms with Crippen LogP contribution in [0.3, 0.4) is 0 Å². The number of fused-ring (bicyclic) bond motifs is 2. The van der Waals surface area contributed by atoms with E-state index < -0.39 is 17.9 Å². The summed E-state index contributed by atoms with van der Waals surface area (Å²) < 4.78 is 20.8. The Balaban J connectivity index is 1.00. The van der Waals surface area contributed by atoms with Gasteiger partial charge in [-0.3, -0.25) is 14.4 Å². The zero-order valence-corrected chi connectivity index (χ0v) is 35.0. The first-order valence-electron chi connectivity index (χ1n) is 20.8. The molecule has 0 unspecified atom stereocenters. The van der Waals surface area contributed by atoms with Gasteiger partial charge in [-0.15, -0.1) is 0 Å². The summed E-state index contributed by atoms with van der Waals surface area (Å²) in [7, 11) is 1.63. The van der Waals surface area contributed by atoms with E-state index in [1.807, 2.05) is 49.4 Å². The first kappa shape index (κ1) is 42.2. The van der Waals surface area contributed by atoms with E-state index >= 15 is 0 Å². The highest BCUT2D eigenvalue weighted by molar-refractivity contribution is 6.08. The number of carboxylic acid groups (broad SMARTS) is 3. The SMILES string of the molecule is CCN(CC(=O)O)c1ccccc1OCCOc1cc(NC(=O)C2C[N+](=c3ccc4c(-c5ccccc5C(=O)O)c5ccc(N6CCC6)cc5oc-4c3)C2)ccc1N(C)CC(=O)O. The average molecular weight is 855 g/mol. The minimum Gasteiger partial charge on any atom is -0.488 e. The third-order valence-electron chi connectivity index (χ3n) is 11.5. The van der Waals surface area contributed by atoms with E-state index in [0.29, 0.717) is 65.1 Å². The topological polar surface area (TPSA) is 185 Å². The molecular weight excluding hydrogens is 807 g/mol. The largest absolute Gasteiger partial charge is 0.488 e. The molecule has 324 valence electrons. The van der Waals surface area contributed by atoms with Gasteiger partial charge in [0.2, 0.25) is 11.3 Å². The van der Waals surface area contributed by atoms with Crippen molar-refractivity contribution < 1.29 is 48.4 Å². The Morgan fingerprint density at radius 1 is 0.794 bits per heavy atom. The Labute approximate surface area is 363 Å². The second kappa shape index (κ2) is 18.2. The van der Waals surface area contributed by atoms with E-state index in [1.54, 1.807) is 66.5 Å². The lowest BCUT2D eigenvalue weighted by atomic mass is 9.90. The monoisotopic (exact) mass is 854 g/mol. The Hall–Kier alpha value is -7.55. The summed E-state index contributed by atoms with van der Waals surface area (Å²) in [5.74, 6) is -2.07. The molecule has 0 radical (unpaired) electrons. The number of benzene rings is 5. The number of rotatable bonds is 17. The zero-order valence-electron chi connectivity index (χ0n) is 35.0. The predicted molar refractivity (Wildman–Crippen MR) is 239 cm³/mol. The van der Waals surface area contributed by atoms with Crippen LogP contribution in [0.1, 0.15) is 23.7 Å². The summed E-state index contributed by atoms with van der Waals surface area (Å²) in [4.78, 5) is 54.5. The predicted octanol–water partition coefficient (Wildman–Crippen LogP) is 6.04. The van der Waals surface area contributed by atoms with Crippen molar-refractivity contribution in [3.05, 3.63) is 114 Å². The highest BCUT2D eigenvalue weighted by Gasteiger charge is 2.38. The van der Waals surface area contributed by atoms with E-state index in [-0.39, 0.29) is 43.7 Å². The van der Waals surface area contributed by atoms with E-state index in [9.17, 15) is 34.5 Å². The number of hydrogen-bond donors (Lipinski definition) is 4. The average Bonchev–Trinajstić information content (AvgIpc) is 3.22. The fourth-order valence-electron chi connectivity index (χ4n) is 8.10. The molecule has 63 heavy (non-hydrogen) atoms. The van der Waals surface area contributed by atoms with Crippen LogP contribution in [0.2, 0.25) is 0 Å². The molecule has 0 bridgehead atoms. The number of aromatic carboxylic acids is 1. The number of aliphatic carboxylic acids is 2. The molecule has 2 fully saturated rings. The quantitative estimate of drug-likeness (QED) is 0.0473. The molecule has 15 heteroatoms. The van der Waals surface area contributed by atoms with Crippen LogP contribution in [0.15, 0.2) is 108 Å². The minimum absolute atomic E-state index is 0.0727. The number of anilines is 4. The van der Waals surface area contributed by atoms with Gasteiger partial charge in [0.15, 0.2) is 19.0 Å². The molecule has 0 atom stereocenters. The van der Waals surface area contributed by atoms with Gasteiger partial charge >= 0.3 is 17.9 Å². The van der Waals surface area contributed by atoms with Gasteiger partial charge in [0.1, 0.15) is 49.1 Å². The number of carbonyl (C=O) groups is 4. The van der Waals surface area contributed by atoms with Crippen LogP contribution >= 0.6 is 0 Å². The number of para-hydroxylation sites is 2. The lowest BCUT2D eigenvalue weighted by molar-refractivity contribution is -0.136. The summed E-state index contributed by atoms with van der Waals surface area (Å²) in [5.41, 5.74) is 5.67. The van der Waals surface area contributed by atoms with Gasteiger partial charge in [0.05, 0.1) is 23.0 Å². The first-order valence-corrected chi connectivity index (χ1v) is 20.8. The molecule has 4 N–H and O–H groups in total. The maximum Gasteiger partial charge on any atom is 0.336 e. The van der Waals surface area contributed by atoms with Crippen molar-refractivity contribution in [3.8, 4) is 33.9 Å². The van der Waals surface area contributed by atoms with Gasteiger partial charge in [-0.2, -0.15) is 0 Å². The molecule has 8 rings (SSSR count). The summed E-state index contributed by atoms with van der Waals surface area (Å²) in [5, 5.41) is 33.7. The Morgan fingerprint density at radius 3 is 2.24 bits per heavy atom. The Morgan fingerprint density at radius 2 is 1.52 bits per heavy atom. The van der Waals surface area contributed by atoms with Gasteiger partial charge in [-0.25, -0.2) is 9.37 Å². The van der Waals surface area contributed by atoms with Gasteiger partial charge < -0.3 is 49.2 Å². The van der Waals surface area contributed by atoms with Crippen molar-refractivity contribution in [2.75, 3.05) is 86.1 Å². The Bertz CT molecular complexity index is 2750. The van der Waals surface area contributed by atoms with E-state index in [2.05, 4.69) is 20.9 Å². The smallest absolute Gasteiger partial charge is 0.336 e. The fraction of sp³-hybridized carbons (Fsp3) is 0.271. The summed E-state index contributed by atoms with van der Waals surface area (Å²) in [6.45, 7) is 4.86. The number of carbonyl (C=O) groups excluding carboxylic acids is 1. The molecular formula is C48H48N5O10+. The normalized spacial score (nSPS) is 14.4. The van der Waals surface area contributed by atoms with Gasteiger partial charge in [0.25, 0.3) is 0 Å². The number of ether oxygens (including phenoxy) is 2. The van der Waals surface area contributed by atoms with Crippen molar-refractivity contribution in [1.29, 1.82) is 0 Å². The first-order chi connectivity index (χ1) is 30.5. The standard InChI is InChI=1S/C48H47N5O10/c1-3-51(29-45(56)57)39-11-6-7-12-40(39)61-21-22-62-43-23-31(13-18-38(43)50(2)28-44(54)55)49-47(58)30-26-53(27-30)33-15-17-37-42(25-33)63-41-24-32(52-19-8-20-52)14-16-36(41)46(37)34-9-4-5-10-35(34)48(59)60/h4-7,9-18,23-25,30H,3,8,19-22,26-29H2,1-2H3,(H3-,49,54,55,56,57,58,59,60)/p+1. The summed E-state index contributed by atoms with van der Waals surface area (Å²) in [6.07, 6.45) is 1.13. The van der Waals surface area contributed by atoms with Gasteiger partial charge in [-0.05, 0) is 67.4 Å². The van der Waals surface area contributed by atoms with E-state index in [0.717, 1.165) is 47.1 Å². The maximum absolute atomic E-state index is 13.6. The van der Waals surface area contributed by atoms with Crippen LogP contribution in [0, 0.1) is 5.92 Å². The van der Waals surface area contributed by atoms with Gasteiger partial charge in [0, 0.05) is 72.8 Å². The lowest BCUT2D eigenvalue weighted by Gasteiger charge is -2.33. The van der Waals surface area contributed by atoms with E-state index in [4.69, 9.17) is 13.9 Å². The minimum atomic E-state index is -1.02. The van der Waals surface area contributed by atoms with Crippen molar-refractivity contribution in [2.45, 2.75) is 13.3 Å². The number of nitrogens with zero attached hydrogens (tertiary/aromatic N) is 4. The second-order valence-corrected chi connectivity index (χ2v) is 15.6. The summed E-state index contributed by atoms with van der Waals surface area (Å²) >= 11 is 0. The van der Waals surface area contributed by atoms with Crippen LogP contribution in [-0.4, -0.2) is 105 Å². The number of nitrogens with one attached hydrogen (secondary N) is 1. The van der Waals surface area contributed by atoms with E-state index in [1.165, 1.54) is 4.90 Å². The molecule has 4 aromatic rings. The molecule has 0 saturated carbocycles. The number of likely N-dealkylation sites (N-methyl/N-ethyl adjacent to an activating group) is 2. The summed E-state index contributed by atoms with van der Waals surface area (Å²) in [6, 6.07) is 31.1. The highest BCUT2D eigenvalue weighted by Crippen LogP contribution is 2.42. The third kappa shape index (κ3) is 9.08. The van der Waals surface area contributed by atoms with Crippen LogP contribution < -0.4 is 39.4 Å². The number of amides is 1. The van der Waals surface area contributed by atoms with Crippen LogP contribution in [0.4, 0.5) is 22.7 Å². The fourth-order valence-corrected chi connectivity index (χ4v) is 8.10. The van der Waals surface area contributed by atoms with Crippen molar-refractivity contribution in [3.63, 3.8) is 0 Å². The van der Waals surface area contributed by atoms with Crippen LogP contribution in [0.5, 0.6) is 11.5 Å². The molecule has 4 aromatic carbocycles. The van der Waals surface area contributed by atoms with Gasteiger partial charge in [-0.1, -0.05) is 30.3 Å². The molecule has 3 heterocycles. The van der Waals surface area contributed by atoms with Crippen molar-refractivity contribution in [2.24, 2.45) is 5.92 Å². The van der Waals surface area contributed by atoms with Crippen molar-refractivity contribution in [1.82, 2.24) is 4.58 Å². The van der Waals surface area contributed by atoms with Crippen molar-refractivity contribution >= 4 is 57.5 Å². The lowest BCUT2D eigenvalue weighted by Crippen LogP contribution is -2.53. The number of hydrogen-bond acceptors (Lipinski definition) is 10. The zero-order chi connectivity index (χ0) is 44.2. The molecule has 0 spiro atoms. The molecule has 4 aliphatic rings. The highest BCUT2D eigenvalue weighted by atomic mass is 16.5. The maximum atomic E-state index is 13.6. The molecule has 2 saturated heterocycles. The Kier molecular flexibility index (Phi) is 12.2. The second-order valence-electron chi connectivity index (χ2n) is 15.6.